The molecule has 7 nitrogen and oxygen atoms in total. The van der Waals surface area contributed by atoms with Crippen molar-refractivity contribution in [3.8, 4) is 5.69 Å². The molecule has 1 aromatic heterocycles. The summed E-state index contributed by atoms with van der Waals surface area (Å²) in [7, 11) is 0. The van der Waals surface area contributed by atoms with Crippen LogP contribution in [0, 0.1) is 10.7 Å². The van der Waals surface area contributed by atoms with Crippen LogP contribution in [0.3, 0.4) is 0 Å². The number of halogens is 1. The lowest BCUT2D eigenvalue weighted by molar-refractivity contribution is -0.929. The number of carbonyl (C=O) groups excluding carboxylic acids is 1. The number of benzene rings is 1. The third-order valence-corrected chi connectivity index (χ3v) is 5.00. The molecule has 0 bridgehead atoms. The number of aromatic nitrogens is 4. The fourth-order valence-electron chi connectivity index (χ4n) is 3.04. The van der Waals surface area contributed by atoms with E-state index in [0.29, 0.717) is 23.1 Å². The van der Waals surface area contributed by atoms with Gasteiger partial charge in [0, 0.05) is 17.9 Å². The average Bonchev–Trinajstić information content (AvgIpc) is 2.96. The zero-order valence-electron chi connectivity index (χ0n) is 14.0. The van der Waals surface area contributed by atoms with Gasteiger partial charge in [0.05, 0.1) is 31.3 Å². The molecule has 1 aliphatic heterocycles. The Labute approximate surface area is 156 Å². The van der Waals surface area contributed by atoms with Crippen molar-refractivity contribution in [1.29, 1.82) is 0 Å². The van der Waals surface area contributed by atoms with Crippen LogP contribution in [0.2, 0.25) is 5.02 Å². The molecule has 0 aliphatic carbocycles. The van der Waals surface area contributed by atoms with E-state index in [1.807, 2.05) is 19.1 Å². The summed E-state index contributed by atoms with van der Waals surface area (Å²) in [5.41, 5.74) is 0.791. The second-order valence-corrected chi connectivity index (χ2v) is 6.89. The van der Waals surface area contributed by atoms with Crippen LogP contribution in [0.4, 0.5) is 0 Å². The van der Waals surface area contributed by atoms with E-state index in [4.69, 9.17) is 28.6 Å². The Kier molecular flexibility index (Phi) is 5.82. The molecule has 0 unspecified atom stereocenters. The lowest BCUT2D eigenvalue weighted by atomic mass is 9.97. The van der Waals surface area contributed by atoms with Gasteiger partial charge >= 0.3 is 5.97 Å². The van der Waals surface area contributed by atoms with Crippen molar-refractivity contribution in [2.24, 2.45) is 5.92 Å². The monoisotopic (exact) mass is 382 g/mol. The normalized spacial score (nSPS) is 20.4. The Bertz CT molecular complexity index is 798. The van der Waals surface area contributed by atoms with Crippen molar-refractivity contribution in [2.75, 3.05) is 19.7 Å². The van der Waals surface area contributed by atoms with Gasteiger partial charge in [-0.25, -0.2) is 0 Å². The first kappa shape index (κ1) is 18.0. The van der Waals surface area contributed by atoms with Crippen LogP contribution < -0.4 is 4.90 Å². The molecule has 9 heteroatoms. The summed E-state index contributed by atoms with van der Waals surface area (Å²) >= 11 is 11.5. The van der Waals surface area contributed by atoms with Crippen molar-refractivity contribution in [3.05, 3.63) is 34.1 Å². The molecular formula is C16H21ClN5O2S+. The maximum Gasteiger partial charge on any atom is 0.309 e. The van der Waals surface area contributed by atoms with E-state index >= 15 is 0 Å². The topological polar surface area (TPSA) is 66.4 Å². The van der Waals surface area contributed by atoms with Crippen molar-refractivity contribution < 1.29 is 14.4 Å². The molecule has 3 rings (SSSR count). The molecule has 0 amide bonds. The Morgan fingerprint density at radius 1 is 1.40 bits per heavy atom. The third kappa shape index (κ3) is 4.26. The fourth-order valence-corrected chi connectivity index (χ4v) is 3.46. The minimum atomic E-state index is -0.0786. The average molecular weight is 383 g/mol. The summed E-state index contributed by atoms with van der Waals surface area (Å²) < 4.78 is 8.96. The van der Waals surface area contributed by atoms with Crippen LogP contribution in [0.25, 0.3) is 5.69 Å². The van der Waals surface area contributed by atoms with Crippen LogP contribution in [0.1, 0.15) is 19.8 Å². The number of ether oxygens (including phenoxy) is 1. The predicted molar refractivity (Wildman–Crippen MR) is 95.2 cm³/mol. The molecule has 25 heavy (non-hydrogen) atoms. The van der Waals surface area contributed by atoms with Crippen molar-refractivity contribution in [1.82, 2.24) is 19.8 Å². The molecule has 0 atom stereocenters. The molecule has 134 valence electrons. The minimum absolute atomic E-state index is 0.0128. The van der Waals surface area contributed by atoms with Crippen molar-refractivity contribution >= 4 is 29.8 Å². The Morgan fingerprint density at radius 3 is 2.84 bits per heavy atom. The second kappa shape index (κ2) is 8.07. The molecule has 0 spiro atoms. The number of nitrogens with one attached hydrogen (secondary N) is 1. The zero-order chi connectivity index (χ0) is 17.8. The quantitative estimate of drug-likeness (QED) is 0.623. The summed E-state index contributed by atoms with van der Waals surface area (Å²) in [4.78, 5) is 13.1. The highest BCUT2D eigenvalue weighted by molar-refractivity contribution is 7.71. The highest BCUT2D eigenvalue weighted by Crippen LogP contribution is 2.14. The molecule has 2 heterocycles. The molecule has 1 saturated heterocycles. The molecule has 1 aliphatic rings. The molecule has 1 aromatic carbocycles. The number of hydrogen-bond donors (Lipinski definition) is 1. The first-order valence-electron chi connectivity index (χ1n) is 8.37. The largest absolute Gasteiger partial charge is 0.466 e. The number of quaternary nitrogens is 1. The Hall–Kier alpha value is -1.77. The van der Waals surface area contributed by atoms with Gasteiger partial charge in [0.15, 0.2) is 6.67 Å². The third-order valence-electron chi connectivity index (χ3n) is 4.38. The number of rotatable bonds is 5. The smallest absolute Gasteiger partial charge is 0.309 e. The van der Waals surface area contributed by atoms with E-state index in [1.165, 1.54) is 4.90 Å². The minimum Gasteiger partial charge on any atom is -0.466 e. The van der Waals surface area contributed by atoms with Gasteiger partial charge < -0.3 is 9.64 Å². The summed E-state index contributed by atoms with van der Waals surface area (Å²) in [6, 6.07) is 7.34. The van der Waals surface area contributed by atoms with Gasteiger partial charge in [0.1, 0.15) is 0 Å². The molecule has 0 saturated carbocycles. The SMILES string of the molecule is CCOC(=O)C1CC[NH+](Cn2nnn(-c3cccc(Cl)c3)c2=S)CC1. The summed E-state index contributed by atoms with van der Waals surface area (Å²) in [5.74, 6) is -0.0659. The van der Waals surface area contributed by atoms with Crippen LogP contribution in [-0.2, 0) is 16.2 Å². The molecule has 2 aromatic rings. The standard InChI is InChI=1S/C16H20ClN5O2S/c1-2-24-15(23)12-6-8-20(9-7-12)11-21-16(25)22(19-18-21)14-5-3-4-13(17)10-14/h3-5,10,12H,2,6-9,11H2,1H3/p+1. The number of tetrazole rings is 1. The maximum atomic E-state index is 11.8. The van der Waals surface area contributed by atoms with Gasteiger partial charge in [-0.2, -0.15) is 9.36 Å². The van der Waals surface area contributed by atoms with Crippen LogP contribution in [0.15, 0.2) is 24.3 Å². The highest BCUT2D eigenvalue weighted by atomic mass is 35.5. The zero-order valence-corrected chi connectivity index (χ0v) is 15.6. The van der Waals surface area contributed by atoms with Gasteiger partial charge in [-0.15, -0.1) is 0 Å². The second-order valence-electron chi connectivity index (χ2n) is 6.09. The van der Waals surface area contributed by atoms with Crippen LogP contribution in [0.5, 0.6) is 0 Å². The first-order chi connectivity index (χ1) is 12.1. The van der Waals surface area contributed by atoms with Gasteiger partial charge in [0.25, 0.3) is 0 Å². The highest BCUT2D eigenvalue weighted by Gasteiger charge is 2.28. The maximum absolute atomic E-state index is 11.8. The van der Waals surface area contributed by atoms with E-state index in [1.54, 1.807) is 21.5 Å². The van der Waals surface area contributed by atoms with E-state index in [-0.39, 0.29) is 11.9 Å². The number of esters is 1. The first-order valence-corrected chi connectivity index (χ1v) is 9.16. The lowest BCUT2D eigenvalue weighted by Gasteiger charge is -2.27. The van der Waals surface area contributed by atoms with Gasteiger partial charge in [0.2, 0.25) is 4.77 Å². The number of nitrogens with zero attached hydrogens (tertiary/aromatic N) is 4. The number of hydrogen-bond acceptors (Lipinski definition) is 5. The molecule has 0 radical (unpaired) electrons. The summed E-state index contributed by atoms with van der Waals surface area (Å²) in [5, 5.41) is 8.93. The van der Waals surface area contributed by atoms with Gasteiger partial charge in [-0.05, 0) is 47.8 Å². The molecule has 1 N–H and O–H groups in total. The fraction of sp³-hybridized carbons (Fsp3) is 0.500. The van der Waals surface area contributed by atoms with Crippen molar-refractivity contribution in [2.45, 2.75) is 26.4 Å². The molecular weight excluding hydrogens is 362 g/mol. The molecule has 1 fully saturated rings. The van der Waals surface area contributed by atoms with Crippen LogP contribution >= 0.6 is 23.8 Å². The summed E-state index contributed by atoms with van der Waals surface area (Å²) in [6.07, 6.45) is 1.65. The van der Waals surface area contributed by atoms with Crippen molar-refractivity contribution in [3.63, 3.8) is 0 Å². The van der Waals surface area contributed by atoms with E-state index in [0.717, 1.165) is 31.6 Å². The van der Waals surface area contributed by atoms with E-state index in [9.17, 15) is 4.79 Å². The summed E-state index contributed by atoms with van der Waals surface area (Å²) in [6.45, 7) is 4.68. The van der Waals surface area contributed by atoms with E-state index < -0.39 is 0 Å². The van der Waals surface area contributed by atoms with Gasteiger partial charge in [-0.3, -0.25) is 4.79 Å². The Morgan fingerprint density at radius 2 is 2.16 bits per heavy atom. The lowest BCUT2D eigenvalue weighted by Crippen LogP contribution is -3.12. The van der Waals surface area contributed by atoms with Gasteiger partial charge in [-0.1, -0.05) is 17.7 Å². The number of likely N-dealkylation sites (tertiary alicyclic amines) is 1. The Balaban J connectivity index is 1.64. The number of piperidine rings is 1. The van der Waals surface area contributed by atoms with E-state index in [2.05, 4.69) is 10.4 Å². The number of carbonyl (C=O) groups is 1. The predicted octanol–water partition coefficient (Wildman–Crippen LogP) is 1.27. The van der Waals surface area contributed by atoms with Crippen LogP contribution in [-0.4, -0.2) is 45.5 Å².